The molecule has 2 aromatic heterocycles. The van der Waals surface area contributed by atoms with Crippen molar-refractivity contribution in [1.29, 1.82) is 0 Å². The third-order valence-corrected chi connectivity index (χ3v) is 4.18. The van der Waals surface area contributed by atoms with E-state index in [1.54, 1.807) is 6.33 Å². The van der Waals surface area contributed by atoms with Crippen LogP contribution in [0.4, 0.5) is 11.5 Å². The lowest BCUT2D eigenvalue weighted by atomic mass is 10.2. The fourth-order valence-corrected chi connectivity index (χ4v) is 2.73. The zero-order valence-corrected chi connectivity index (χ0v) is 14.8. The van der Waals surface area contributed by atoms with Gasteiger partial charge in [-0.25, -0.2) is 4.98 Å². The van der Waals surface area contributed by atoms with E-state index >= 15 is 0 Å². The summed E-state index contributed by atoms with van der Waals surface area (Å²) in [6, 6.07) is 10.8. The van der Waals surface area contributed by atoms with Crippen LogP contribution in [0, 0.1) is 0 Å². The zero-order valence-electron chi connectivity index (χ0n) is 14.8. The maximum absolute atomic E-state index is 4.53. The highest BCUT2D eigenvalue weighted by molar-refractivity contribution is 5.50. The number of nitrogens with zero attached hydrogens (tertiary/aromatic N) is 6. The second-order valence-electron chi connectivity index (χ2n) is 6.01. The highest BCUT2D eigenvalue weighted by Crippen LogP contribution is 2.20. The Bertz CT molecular complexity index is 806. The molecule has 0 saturated heterocycles. The molecule has 0 atom stereocenters. The van der Waals surface area contributed by atoms with Gasteiger partial charge < -0.3 is 9.80 Å². The third kappa shape index (κ3) is 3.18. The molecular formula is C18H24N6. The number of aromatic nitrogens is 4. The van der Waals surface area contributed by atoms with Crippen molar-refractivity contribution in [2.45, 2.75) is 26.8 Å². The average molecular weight is 324 g/mol. The summed E-state index contributed by atoms with van der Waals surface area (Å²) in [5.41, 5.74) is 3.51. The molecule has 24 heavy (non-hydrogen) atoms. The van der Waals surface area contributed by atoms with Crippen LogP contribution in [0.3, 0.4) is 0 Å². The number of fused-ring (bicyclic) bond motifs is 1. The molecule has 1 aromatic carbocycles. The van der Waals surface area contributed by atoms with Crippen LogP contribution in [0.2, 0.25) is 0 Å². The van der Waals surface area contributed by atoms with Crippen molar-refractivity contribution in [3.05, 3.63) is 47.9 Å². The van der Waals surface area contributed by atoms with Gasteiger partial charge in [0.1, 0.15) is 12.1 Å². The Morgan fingerprint density at radius 3 is 2.46 bits per heavy atom. The molecule has 6 heteroatoms. The number of aryl methyl sites for hydroxylation is 1. The summed E-state index contributed by atoms with van der Waals surface area (Å²) in [4.78, 5) is 13.2. The highest BCUT2D eigenvalue weighted by Gasteiger charge is 2.13. The predicted octanol–water partition coefficient (Wildman–Crippen LogP) is 2.78. The SMILES string of the molecule is CCc1cc(N(CC)Cc2ccc(N(C)C)cc2)n2ncnc2n1. The van der Waals surface area contributed by atoms with Crippen LogP contribution in [-0.2, 0) is 13.0 Å². The van der Waals surface area contributed by atoms with E-state index in [-0.39, 0.29) is 0 Å². The van der Waals surface area contributed by atoms with E-state index in [4.69, 9.17) is 0 Å². The normalized spacial score (nSPS) is 11.0. The smallest absolute Gasteiger partial charge is 0.254 e. The van der Waals surface area contributed by atoms with E-state index in [1.165, 1.54) is 11.3 Å². The molecule has 0 bridgehead atoms. The minimum absolute atomic E-state index is 0.658. The topological polar surface area (TPSA) is 49.6 Å². The van der Waals surface area contributed by atoms with Crippen LogP contribution in [0.25, 0.3) is 5.78 Å². The quantitative estimate of drug-likeness (QED) is 0.698. The lowest BCUT2D eigenvalue weighted by molar-refractivity contribution is 0.770. The first-order valence-electron chi connectivity index (χ1n) is 8.33. The van der Waals surface area contributed by atoms with E-state index in [9.17, 15) is 0 Å². The largest absolute Gasteiger partial charge is 0.378 e. The summed E-state index contributed by atoms with van der Waals surface area (Å²) in [5.74, 6) is 1.69. The van der Waals surface area contributed by atoms with Crippen molar-refractivity contribution in [2.24, 2.45) is 0 Å². The molecule has 0 N–H and O–H groups in total. The summed E-state index contributed by atoms with van der Waals surface area (Å²) in [6.07, 6.45) is 2.44. The molecule has 0 spiro atoms. The Labute approximate surface area is 142 Å². The van der Waals surface area contributed by atoms with Crippen molar-refractivity contribution in [1.82, 2.24) is 19.6 Å². The van der Waals surface area contributed by atoms with Crippen molar-refractivity contribution >= 4 is 17.3 Å². The molecule has 0 amide bonds. The molecule has 0 radical (unpaired) electrons. The van der Waals surface area contributed by atoms with E-state index in [0.29, 0.717) is 5.78 Å². The van der Waals surface area contributed by atoms with Gasteiger partial charge in [-0.1, -0.05) is 19.1 Å². The van der Waals surface area contributed by atoms with Crippen LogP contribution in [0.5, 0.6) is 0 Å². The van der Waals surface area contributed by atoms with Gasteiger partial charge in [0.15, 0.2) is 0 Å². The minimum Gasteiger partial charge on any atom is -0.378 e. The molecule has 126 valence electrons. The van der Waals surface area contributed by atoms with Crippen LogP contribution in [0.15, 0.2) is 36.7 Å². The molecule has 0 aliphatic carbocycles. The minimum atomic E-state index is 0.658. The molecule has 0 unspecified atom stereocenters. The standard InChI is InChI=1S/C18H24N6/c1-5-15-11-17(24-18(21-15)19-13-20-24)23(6-2)12-14-7-9-16(10-8-14)22(3)4/h7-11,13H,5-6,12H2,1-4H3. The Morgan fingerprint density at radius 2 is 1.83 bits per heavy atom. The molecule has 3 rings (SSSR count). The van der Waals surface area contributed by atoms with Crippen LogP contribution in [-0.4, -0.2) is 40.2 Å². The summed E-state index contributed by atoms with van der Waals surface area (Å²) >= 11 is 0. The second kappa shape index (κ2) is 6.86. The van der Waals surface area contributed by atoms with Gasteiger partial charge in [0.05, 0.1) is 0 Å². The monoisotopic (exact) mass is 324 g/mol. The molecular weight excluding hydrogens is 300 g/mol. The van der Waals surface area contributed by atoms with Crippen LogP contribution >= 0.6 is 0 Å². The second-order valence-corrected chi connectivity index (χ2v) is 6.01. The van der Waals surface area contributed by atoms with Gasteiger partial charge in [-0.15, -0.1) is 0 Å². The zero-order chi connectivity index (χ0) is 17.1. The van der Waals surface area contributed by atoms with Crippen molar-refractivity contribution < 1.29 is 0 Å². The lowest BCUT2D eigenvalue weighted by Gasteiger charge is -2.24. The van der Waals surface area contributed by atoms with Gasteiger partial charge in [-0.2, -0.15) is 14.6 Å². The fraction of sp³-hybridized carbons (Fsp3) is 0.389. The molecule has 0 saturated carbocycles. The van der Waals surface area contributed by atoms with Gasteiger partial charge in [-0.3, -0.25) is 0 Å². The van der Waals surface area contributed by atoms with Crippen LogP contribution < -0.4 is 9.80 Å². The van der Waals surface area contributed by atoms with Gasteiger partial charge in [-0.05, 0) is 31.0 Å². The fourth-order valence-electron chi connectivity index (χ4n) is 2.73. The molecule has 6 nitrogen and oxygen atoms in total. The lowest BCUT2D eigenvalue weighted by Crippen LogP contribution is -2.25. The number of anilines is 2. The summed E-state index contributed by atoms with van der Waals surface area (Å²) < 4.78 is 1.82. The number of hydrogen-bond donors (Lipinski definition) is 0. The maximum atomic E-state index is 4.53. The van der Waals surface area contributed by atoms with Crippen LogP contribution in [0.1, 0.15) is 25.1 Å². The third-order valence-electron chi connectivity index (χ3n) is 4.18. The van der Waals surface area contributed by atoms with E-state index in [0.717, 1.165) is 31.0 Å². The summed E-state index contributed by atoms with van der Waals surface area (Å²) in [6.45, 7) is 5.97. The Morgan fingerprint density at radius 1 is 1.08 bits per heavy atom. The maximum Gasteiger partial charge on any atom is 0.254 e. The molecule has 3 aromatic rings. The number of benzene rings is 1. The Hall–Kier alpha value is -2.63. The number of hydrogen-bond acceptors (Lipinski definition) is 5. The van der Waals surface area contributed by atoms with Gasteiger partial charge in [0, 0.05) is 44.6 Å². The van der Waals surface area contributed by atoms with Gasteiger partial charge >= 0.3 is 0 Å². The molecule has 0 aliphatic heterocycles. The summed E-state index contributed by atoms with van der Waals surface area (Å²) in [7, 11) is 4.11. The first kappa shape index (κ1) is 16.2. The van der Waals surface area contributed by atoms with Gasteiger partial charge in [0.25, 0.3) is 5.78 Å². The molecule has 0 fully saturated rings. The summed E-state index contributed by atoms with van der Waals surface area (Å²) in [5, 5.41) is 4.34. The number of rotatable bonds is 6. The van der Waals surface area contributed by atoms with Crippen molar-refractivity contribution in [3.8, 4) is 0 Å². The Balaban J connectivity index is 1.92. The molecule has 0 aliphatic rings. The van der Waals surface area contributed by atoms with Gasteiger partial charge in [0.2, 0.25) is 0 Å². The Kier molecular flexibility index (Phi) is 4.64. The predicted molar refractivity (Wildman–Crippen MR) is 97.7 cm³/mol. The first-order valence-corrected chi connectivity index (χ1v) is 8.33. The van der Waals surface area contributed by atoms with E-state index in [2.05, 4.69) is 83.1 Å². The first-order chi connectivity index (χ1) is 11.6. The average Bonchev–Trinajstić information content (AvgIpc) is 3.07. The molecule has 2 heterocycles. The van der Waals surface area contributed by atoms with E-state index in [1.807, 2.05) is 4.52 Å². The highest BCUT2D eigenvalue weighted by atomic mass is 15.4. The van der Waals surface area contributed by atoms with Crippen molar-refractivity contribution in [3.63, 3.8) is 0 Å². The van der Waals surface area contributed by atoms with E-state index < -0.39 is 0 Å². The van der Waals surface area contributed by atoms with Crippen molar-refractivity contribution in [2.75, 3.05) is 30.4 Å².